The number of hydrogen-bond acceptors (Lipinski definition) is 2. The second-order valence-electron chi connectivity index (χ2n) is 2.61. The van der Waals surface area contributed by atoms with Crippen molar-refractivity contribution in [2.75, 3.05) is 6.61 Å². The van der Waals surface area contributed by atoms with E-state index in [9.17, 15) is 4.79 Å². The Bertz CT molecular complexity index is 145. The zero-order chi connectivity index (χ0) is 6.91. The van der Waals surface area contributed by atoms with Crippen molar-refractivity contribution in [3.8, 4) is 0 Å². The summed E-state index contributed by atoms with van der Waals surface area (Å²) in [5.41, 5.74) is 0.533. The Labute approximate surface area is 54.5 Å². The summed E-state index contributed by atoms with van der Waals surface area (Å²) in [7, 11) is 0. The molecule has 0 spiro atoms. The summed E-state index contributed by atoms with van der Waals surface area (Å²) in [5.74, 6) is 0. The second kappa shape index (κ2) is 1.95. The highest BCUT2D eigenvalue weighted by Crippen LogP contribution is 2.30. The van der Waals surface area contributed by atoms with Crippen LogP contribution in [-0.4, -0.2) is 18.5 Å². The lowest BCUT2D eigenvalue weighted by Gasteiger charge is -1.99. The zero-order valence-electron chi connectivity index (χ0n) is 5.52. The molecule has 0 bridgehead atoms. The molecule has 9 heavy (non-hydrogen) atoms. The molecule has 0 N–H and O–H groups in total. The summed E-state index contributed by atoms with van der Waals surface area (Å²) >= 11 is 0. The summed E-state index contributed by atoms with van der Waals surface area (Å²) in [6.45, 7) is 6.16. The Balaban J connectivity index is 2.42. The van der Waals surface area contributed by atoms with Crippen molar-refractivity contribution in [1.82, 2.24) is 0 Å². The third kappa shape index (κ3) is 1.39. The SMILES string of the molecule is C=C(C)CC1(C=O)CO1. The molecule has 0 aliphatic carbocycles. The molecular formula is C7H10O2. The molecule has 0 aromatic heterocycles. The topological polar surface area (TPSA) is 29.6 Å². The summed E-state index contributed by atoms with van der Waals surface area (Å²) in [5, 5.41) is 0. The largest absolute Gasteiger partial charge is 0.361 e. The normalized spacial score (nSPS) is 31.7. The van der Waals surface area contributed by atoms with Crippen molar-refractivity contribution in [2.45, 2.75) is 18.9 Å². The first-order valence-electron chi connectivity index (χ1n) is 2.93. The lowest BCUT2D eigenvalue weighted by Crippen LogP contribution is -2.12. The van der Waals surface area contributed by atoms with Crippen LogP contribution in [0.4, 0.5) is 0 Å². The fourth-order valence-electron chi connectivity index (χ4n) is 0.815. The van der Waals surface area contributed by atoms with Gasteiger partial charge < -0.3 is 9.53 Å². The average Bonchev–Trinajstić information content (AvgIpc) is 2.48. The number of carbonyl (C=O) groups excluding carboxylic acids is 1. The zero-order valence-corrected chi connectivity index (χ0v) is 5.52. The fourth-order valence-corrected chi connectivity index (χ4v) is 0.815. The summed E-state index contributed by atoms with van der Waals surface area (Å²) in [6, 6.07) is 0. The van der Waals surface area contributed by atoms with E-state index in [1.165, 1.54) is 0 Å². The molecule has 0 aromatic rings. The van der Waals surface area contributed by atoms with Gasteiger partial charge in [-0.3, -0.25) is 0 Å². The van der Waals surface area contributed by atoms with Crippen LogP contribution in [0.1, 0.15) is 13.3 Å². The minimum absolute atomic E-state index is 0.466. The van der Waals surface area contributed by atoms with E-state index in [4.69, 9.17) is 4.74 Å². The molecule has 50 valence electrons. The Morgan fingerprint density at radius 1 is 2.00 bits per heavy atom. The van der Waals surface area contributed by atoms with Gasteiger partial charge in [0, 0.05) is 6.42 Å². The van der Waals surface area contributed by atoms with Crippen LogP contribution < -0.4 is 0 Å². The Morgan fingerprint density at radius 2 is 2.56 bits per heavy atom. The lowest BCUT2D eigenvalue weighted by atomic mass is 10.0. The quantitative estimate of drug-likeness (QED) is 0.319. The second-order valence-corrected chi connectivity index (χ2v) is 2.61. The number of carbonyl (C=O) groups is 1. The van der Waals surface area contributed by atoms with Gasteiger partial charge in [-0.15, -0.1) is 6.58 Å². The first-order valence-corrected chi connectivity index (χ1v) is 2.93. The molecule has 1 rings (SSSR count). The van der Waals surface area contributed by atoms with Crippen LogP contribution in [0.5, 0.6) is 0 Å². The van der Waals surface area contributed by atoms with Crippen molar-refractivity contribution < 1.29 is 9.53 Å². The van der Waals surface area contributed by atoms with Crippen LogP contribution in [0.15, 0.2) is 12.2 Å². The molecule has 2 nitrogen and oxygen atoms in total. The van der Waals surface area contributed by atoms with E-state index in [0.717, 1.165) is 11.9 Å². The summed E-state index contributed by atoms with van der Waals surface area (Å²) in [6.07, 6.45) is 1.54. The van der Waals surface area contributed by atoms with E-state index in [-0.39, 0.29) is 0 Å². The monoisotopic (exact) mass is 126 g/mol. The maximum Gasteiger partial charge on any atom is 0.154 e. The highest BCUT2D eigenvalue weighted by atomic mass is 16.6. The van der Waals surface area contributed by atoms with Crippen LogP contribution in [0.3, 0.4) is 0 Å². The minimum atomic E-state index is -0.466. The van der Waals surface area contributed by atoms with Crippen molar-refractivity contribution >= 4 is 6.29 Å². The maximum atomic E-state index is 10.3. The Hall–Kier alpha value is -0.630. The van der Waals surface area contributed by atoms with Crippen molar-refractivity contribution in [2.24, 2.45) is 0 Å². The van der Waals surface area contributed by atoms with E-state index in [2.05, 4.69) is 6.58 Å². The maximum absolute atomic E-state index is 10.3. The lowest BCUT2D eigenvalue weighted by molar-refractivity contribution is -0.112. The molecule has 1 aliphatic heterocycles. The average molecular weight is 126 g/mol. The molecule has 0 radical (unpaired) electrons. The van der Waals surface area contributed by atoms with Gasteiger partial charge in [0.2, 0.25) is 0 Å². The summed E-state index contributed by atoms with van der Waals surface area (Å²) in [4.78, 5) is 10.3. The highest BCUT2D eigenvalue weighted by molar-refractivity contribution is 5.66. The molecule has 1 aliphatic rings. The molecule has 0 amide bonds. The Kier molecular flexibility index (Phi) is 1.41. The van der Waals surface area contributed by atoms with Gasteiger partial charge in [0.05, 0.1) is 6.61 Å². The minimum Gasteiger partial charge on any atom is -0.361 e. The van der Waals surface area contributed by atoms with Crippen molar-refractivity contribution in [3.63, 3.8) is 0 Å². The van der Waals surface area contributed by atoms with Gasteiger partial charge in [-0.25, -0.2) is 0 Å². The van der Waals surface area contributed by atoms with Crippen LogP contribution in [0.25, 0.3) is 0 Å². The number of ether oxygens (including phenoxy) is 1. The fraction of sp³-hybridized carbons (Fsp3) is 0.571. The molecule has 1 saturated heterocycles. The standard InChI is InChI=1S/C7H10O2/c1-6(2)3-7(4-8)5-9-7/h4H,1,3,5H2,2H3. The molecule has 1 unspecified atom stereocenters. The van der Waals surface area contributed by atoms with Crippen LogP contribution >= 0.6 is 0 Å². The van der Waals surface area contributed by atoms with Gasteiger partial charge in [-0.05, 0) is 6.92 Å². The van der Waals surface area contributed by atoms with Crippen LogP contribution in [0.2, 0.25) is 0 Å². The molecule has 0 saturated carbocycles. The first-order chi connectivity index (χ1) is 4.18. The van der Waals surface area contributed by atoms with Gasteiger partial charge in [-0.1, -0.05) is 5.57 Å². The van der Waals surface area contributed by atoms with E-state index >= 15 is 0 Å². The van der Waals surface area contributed by atoms with Crippen molar-refractivity contribution in [3.05, 3.63) is 12.2 Å². The number of hydrogen-bond donors (Lipinski definition) is 0. The number of aldehydes is 1. The predicted molar refractivity (Wildman–Crippen MR) is 34.2 cm³/mol. The number of epoxide rings is 1. The first kappa shape index (κ1) is 6.49. The van der Waals surface area contributed by atoms with Gasteiger partial charge in [0.1, 0.15) is 0 Å². The van der Waals surface area contributed by atoms with E-state index in [0.29, 0.717) is 13.0 Å². The van der Waals surface area contributed by atoms with Gasteiger partial charge in [0.15, 0.2) is 11.9 Å². The number of rotatable bonds is 3. The third-order valence-corrected chi connectivity index (χ3v) is 1.33. The Morgan fingerprint density at radius 3 is 2.67 bits per heavy atom. The van der Waals surface area contributed by atoms with Gasteiger partial charge in [0.25, 0.3) is 0 Å². The van der Waals surface area contributed by atoms with Gasteiger partial charge >= 0.3 is 0 Å². The summed E-state index contributed by atoms with van der Waals surface area (Å²) < 4.78 is 4.93. The highest BCUT2D eigenvalue weighted by Gasteiger charge is 2.44. The smallest absolute Gasteiger partial charge is 0.154 e. The van der Waals surface area contributed by atoms with Crippen LogP contribution in [-0.2, 0) is 9.53 Å². The van der Waals surface area contributed by atoms with E-state index in [1.54, 1.807) is 0 Å². The molecule has 1 heterocycles. The van der Waals surface area contributed by atoms with Crippen LogP contribution in [0, 0.1) is 0 Å². The molecule has 1 atom stereocenters. The molecule has 2 heteroatoms. The van der Waals surface area contributed by atoms with Gasteiger partial charge in [-0.2, -0.15) is 0 Å². The van der Waals surface area contributed by atoms with E-state index < -0.39 is 5.60 Å². The van der Waals surface area contributed by atoms with E-state index in [1.807, 2.05) is 6.92 Å². The third-order valence-electron chi connectivity index (χ3n) is 1.33. The molecule has 1 fully saturated rings. The van der Waals surface area contributed by atoms with Crippen molar-refractivity contribution in [1.29, 1.82) is 0 Å². The predicted octanol–water partition coefficient (Wildman–Crippen LogP) is 0.921. The molecule has 0 aromatic carbocycles. The molecular weight excluding hydrogens is 116 g/mol.